The van der Waals surface area contributed by atoms with E-state index in [0.29, 0.717) is 5.56 Å². The maximum absolute atomic E-state index is 10.9. The van der Waals surface area contributed by atoms with Crippen LogP contribution in [0.15, 0.2) is 30.3 Å². The second kappa shape index (κ2) is 3.67. The monoisotopic (exact) mass is 197 g/mol. The maximum atomic E-state index is 10.9. The van der Waals surface area contributed by atoms with Crippen molar-refractivity contribution in [3.05, 3.63) is 35.9 Å². The fourth-order valence-corrected chi connectivity index (χ4v) is 1.37. The Hall–Kier alpha value is -1.21. The van der Waals surface area contributed by atoms with Gasteiger partial charge in [-0.05, 0) is 0 Å². The molecule has 0 fully saturated rings. The van der Waals surface area contributed by atoms with E-state index in [2.05, 4.69) is 0 Å². The predicted octanol–water partition coefficient (Wildman–Crippen LogP) is 2.01. The molecule has 68 valence electrons. The van der Waals surface area contributed by atoms with Gasteiger partial charge in [0.05, 0.1) is 0 Å². The summed E-state index contributed by atoms with van der Waals surface area (Å²) in [5, 5.41) is 7.62. The average Bonchev–Trinajstić information content (AvgIpc) is 2.17. The number of benzene rings is 1. The van der Waals surface area contributed by atoms with E-state index in [1.807, 2.05) is 0 Å². The van der Waals surface area contributed by atoms with Gasteiger partial charge in [0.2, 0.25) is 0 Å². The average molecular weight is 197 g/mol. The SMILES string of the molecule is CC([PH+]=O)(C(=O)O)c1ccccc1. The Kier molecular flexibility index (Phi) is 2.79. The van der Waals surface area contributed by atoms with Crippen molar-refractivity contribution in [3.8, 4) is 0 Å². The number of aliphatic carboxylic acids is 1. The summed E-state index contributed by atoms with van der Waals surface area (Å²) in [6.45, 7) is 1.45. The summed E-state index contributed by atoms with van der Waals surface area (Å²) < 4.78 is 10.8. The van der Waals surface area contributed by atoms with Gasteiger partial charge >= 0.3 is 14.4 Å². The van der Waals surface area contributed by atoms with Crippen molar-refractivity contribution in [2.75, 3.05) is 0 Å². The largest absolute Gasteiger partial charge is 0.477 e. The molecule has 0 saturated heterocycles. The summed E-state index contributed by atoms with van der Waals surface area (Å²) in [6, 6.07) is 8.59. The third-order valence-electron chi connectivity index (χ3n) is 1.98. The van der Waals surface area contributed by atoms with Crippen molar-refractivity contribution in [1.29, 1.82) is 0 Å². The first kappa shape index (κ1) is 9.87. The van der Waals surface area contributed by atoms with Crippen LogP contribution in [-0.4, -0.2) is 11.1 Å². The van der Waals surface area contributed by atoms with Crippen molar-refractivity contribution < 1.29 is 14.5 Å². The van der Waals surface area contributed by atoms with Gasteiger partial charge in [-0.15, -0.1) is 0 Å². The Morgan fingerprint density at radius 3 is 2.31 bits per heavy atom. The molecule has 4 heteroatoms. The molecule has 1 aromatic carbocycles. The topological polar surface area (TPSA) is 54.4 Å². The van der Waals surface area contributed by atoms with Gasteiger partial charge in [0.25, 0.3) is 5.16 Å². The number of carbonyl (C=O) groups is 1. The van der Waals surface area contributed by atoms with E-state index in [4.69, 9.17) is 5.11 Å². The summed E-state index contributed by atoms with van der Waals surface area (Å²) in [6.07, 6.45) is 0. The van der Waals surface area contributed by atoms with E-state index in [1.165, 1.54) is 6.92 Å². The zero-order valence-electron chi connectivity index (χ0n) is 7.15. The van der Waals surface area contributed by atoms with Gasteiger partial charge in [-0.25, -0.2) is 4.79 Å². The molecule has 0 heterocycles. The van der Waals surface area contributed by atoms with Crippen LogP contribution in [0.1, 0.15) is 12.5 Å². The molecular formula is C9H10O3P+. The Balaban J connectivity index is 3.18. The lowest BCUT2D eigenvalue weighted by atomic mass is 10.0. The van der Waals surface area contributed by atoms with Crippen molar-refractivity contribution >= 4 is 14.4 Å². The number of hydrogen-bond donors (Lipinski definition) is 1. The second-order valence-electron chi connectivity index (χ2n) is 2.90. The lowest BCUT2D eigenvalue weighted by molar-refractivity contribution is -0.139. The normalized spacial score (nSPS) is 15.2. The molecule has 0 saturated carbocycles. The third-order valence-corrected chi connectivity index (χ3v) is 2.89. The van der Waals surface area contributed by atoms with Crippen LogP contribution in [0.3, 0.4) is 0 Å². The molecular weight excluding hydrogens is 187 g/mol. The maximum Gasteiger partial charge on any atom is 0.363 e. The zero-order chi connectivity index (χ0) is 9.90. The first-order valence-corrected chi connectivity index (χ1v) is 4.70. The van der Waals surface area contributed by atoms with E-state index < -0.39 is 19.6 Å². The van der Waals surface area contributed by atoms with Crippen LogP contribution in [0.2, 0.25) is 0 Å². The van der Waals surface area contributed by atoms with E-state index in [0.717, 1.165) is 0 Å². The molecule has 0 amide bonds. The molecule has 1 rings (SSSR count). The van der Waals surface area contributed by atoms with Gasteiger partial charge in [0.1, 0.15) is 0 Å². The van der Waals surface area contributed by atoms with Crippen LogP contribution in [0, 0.1) is 0 Å². The molecule has 1 aromatic rings. The number of carboxylic acids is 1. The number of hydrogen-bond acceptors (Lipinski definition) is 2. The van der Waals surface area contributed by atoms with Crippen LogP contribution in [0.25, 0.3) is 0 Å². The highest BCUT2D eigenvalue weighted by Gasteiger charge is 2.44. The van der Waals surface area contributed by atoms with Crippen LogP contribution in [0.5, 0.6) is 0 Å². The van der Waals surface area contributed by atoms with E-state index in [9.17, 15) is 9.36 Å². The molecule has 2 unspecified atom stereocenters. The van der Waals surface area contributed by atoms with Crippen molar-refractivity contribution in [3.63, 3.8) is 0 Å². The molecule has 2 atom stereocenters. The standard InChI is InChI=1S/C9H9O3P/c1-9(13-12,8(10)11)7-5-3-2-4-6-7/h2-6H,1H3,(H,10,11)/p+1. The highest BCUT2D eigenvalue weighted by molar-refractivity contribution is 7.27. The fraction of sp³-hybridized carbons (Fsp3) is 0.222. The smallest absolute Gasteiger partial charge is 0.363 e. The second-order valence-corrected chi connectivity index (χ2v) is 4.10. The molecule has 0 aliphatic heterocycles. The first-order chi connectivity index (χ1) is 6.11. The van der Waals surface area contributed by atoms with Crippen molar-refractivity contribution in [2.45, 2.75) is 12.1 Å². The van der Waals surface area contributed by atoms with Gasteiger partial charge in [-0.1, -0.05) is 34.9 Å². The number of rotatable bonds is 3. The summed E-state index contributed by atoms with van der Waals surface area (Å²) in [5.74, 6) is -1.06. The zero-order valence-corrected chi connectivity index (χ0v) is 8.15. The highest BCUT2D eigenvalue weighted by atomic mass is 31.1. The summed E-state index contributed by atoms with van der Waals surface area (Å²) in [4.78, 5) is 10.9. The molecule has 0 aliphatic rings. The lowest BCUT2D eigenvalue weighted by Crippen LogP contribution is -2.25. The molecule has 0 bridgehead atoms. The molecule has 1 N–H and O–H groups in total. The van der Waals surface area contributed by atoms with E-state index in [-0.39, 0.29) is 0 Å². The highest BCUT2D eigenvalue weighted by Crippen LogP contribution is 2.34. The molecule has 13 heavy (non-hydrogen) atoms. The van der Waals surface area contributed by atoms with Gasteiger partial charge < -0.3 is 5.11 Å². The quantitative estimate of drug-likeness (QED) is 0.754. The molecule has 3 nitrogen and oxygen atoms in total. The third kappa shape index (κ3) is 1.76. The van der Waals surface area contributed by atoms with E-state index in [1.54, 1.807) is 30.3 Å². The van der Waals surface area contributed by atoms with Gasteiger partial charge in [0.15, 0.2) is 0 Å². The van der Waals surface area contributed by atoms with Crippen molar-refractivity contribution in [2.24, 2.45) is 0 Å². The van der Waals surface area contributed by atoms with Crippen LogP contribution in [-0.2, 0) is 14.5 Å². The van der Waals surface area contributed by atoms with Gasteiger partial charge in [-0.3, -0.25) is 0 Å². The Morgan fingerprint density at radius 2 is 1.92 bits per heavy atom. The van der Waals surface area contributed by atoms with Gasteiger partial charge in [-0.2, -0.15) is 0 Å². The summed E-state index contributed by atoms with van der Waals surface area (Å²) in [7, 11) is -0.890. The van der Waals surface area contributed by atoms with Crippen LogP contribution >= 0.6 is 8.46 Å². The molecule has 0 radical (unpaired) electrons. The van der Waals surface area contributed by atoms with Gasteiger partial charge in [0, 0.05) is 12.5 Å². The minimum absolute atomic E-state index is 0.566. The minimum atomic E-state index is -1.28. The fourth-order valence-electron chi connectivity index (χ4n) is 0.998. The molecule has 0 aliphatic carbocycles. The predicted molar refractivity (Wildman–Crippen MR) is 50.4 cm³/mol. The number of carboxylic acid groups (broad SMARTS) is 1. The molecule has 0 aromatic heterocycles. The Labute approximate surface area is 77.6 Å². The van der Waals surface area contributed by atoms with Crippen LogP contribution in [0.4, 0.5) is 0 Å². The lowest BCUT2D eigenvalue weighted by Gasteiger charge is -2.09. The van der Waals surface area contributed by atoms with Crippen molar-refractivity contribution in [1.82, 2.24) is 0 Å². The Morgan fingerprint density at radius 1 is 1.38 bits per heavy atom. The Bertz CT molecular complexity index is 323. The van der Waals surface area contributed by atoms with E-state index >= 15 is 0 Å². The minimum Gasteiger partial charge on any atom is -0.477 e. The van der Waals surface area contributed by atoms with Crippen LogP contribution < -0.4 is 0 Å². The first-order valence-electron chi connectivity index (χ1n) is 3.79. The summed E-state index contributed by atoms with van der Waals surface area (Å²) >= 11 is 0. The molecule has 0 spiro atoms. The summed E-state index contributed by atoms with van der Waals surface area (Å²) in [5.41, 5.74) is 0.566.